The van der Waals surface area contributed by atoms with Gasteiger partial charge in [0.15, 0.2) is 0 Å². The zero-order valence-corrected chi connectivity index (χ0v) is 10.7. The zero-order chi connectivity index (χ0) is 13.2. The molecular weight excluding hydrogens is 231 g/mol. The monoisotopic (exact) mass is 250 g/mol. The molecule has 2 unspecified atom stereocenters. The van der Waals surface area contributed by atoms with E-state index in [0.29, 0.717) is 18.8 Å². The molecule has 0 amide bonds. The van der Waals surface area contributed by atoms with Gasteiger partial charge in [0.2, 0.25) is 0 Å². The van der Waals surface area contributed by atoms with Crippen LogP contribution < -0.4 is 0 Å². The standard InChI is InChI=1S/C15H19FO2/c1-2-11-6-7-15(9-11,14(17)18)10-12-4-3-5-13(16)8-12/h3-5,8,11H,2,6-7,9-10H2,1H3,(H,17,18). The number of carbonyl (C=O) groups is 1. The highest BCUT2D eigenvalue weighted by Gasteiger charge is 2.44. The van der Waals surface area contributed by atoms with Crippen LogP contribution in [0.3, 0.4) is 0 Å². The lowest BCUT2D eigenvalue weighted by atomic mass is 9.79. The number of benzene rings is 1. The highest BCUT2D eigenvalue weighted by Crippen LogP contribution is 2.45. The molecule has 1 N–H and O–H groups in total. The minimum absolute atomic E-state index is 0.293. The Morgan fingerprint density at radius 2 is 2.33 bits per heavy atom. The second kappa shape index (κ2) is 5.09. The number of carboxylic acids is 1. The van der Waals surface area contributed by atoms with Gasteiger partial charge in [0.1, 0.15) is 5.82 Å². The van der Waals surface area contributed by atoms with Crippen LogP contribution in [-0.2, 0) is 11.2 Å². The van der Waals surface area contributed by atoms with Crippen LogP contribution in [0.4, 0.5) is 4.39 Å². The van der Waals surface area contributed by atoms with Gasteiger partial charge in [0, 0.05) is 0 Å². The fourth-order valence-electron chi connectivity index (χ4n) is 3.05. The molecule has 0 heterocycles. The first-order chi connectivity index (χ1) is 8.55. The van der Waals surface area contributed by atoms with E-state index in [-0.39, 0.29) is 5.82 Å². The van der Waals surface area contributed by atoms with Crippen LogP contribution >= 0.6 is 0 Å². The van der Waals surface area contributed by atoms with Gasteiger partial charge in [0.05, 0.1) is 5.41 Å². The summed E-state index contributed by atoms with van der Waals surface area (Å²) in [7, 11) is 0. The first-order valence-electron chi connectivity index (χ1n) is 6.53. The second-order valence-corrected chi connectivity index (χ2v) is 5.41. The molecule has 98 valence electrons. The maximum Gasteiger partial charge on any atom is 0.309 e. The average molecular weight is 250 g/mol. The summed E-state index contributed by atoms with van der Waals surface area (Å²) in [6.45, 7) is 2.10. The average Bonchev–Trinajstić information content (AvgIpc) is 2.74. The topological polar surface area (TPSA) is 37.3 Å². The molecule has 1 aliphatic rings. The molecular formula is C15H19FO2. The number of aliphatic carboxylic acids is 1. The van der Waals surface area contributed by atoms with Gasteiger partial charge in [-0.05, 0) is 49.3 Å². The van der Waals surface area contributed by atoms with E-state index in [1.165, 1.54) is 12.1 Å². The Labute approximate surface area is 107 Å². The predicted molar refractivity (Wildman–Crippen MR) is 67.8 cm³/mol. The lowest BCUT2D eigenvalue weighted by molar-refractivity contribution is -0.148. The molecule has 3 heteroatoms. The van der Waals surface area contributed by atoms with Crippen molar-refractivity contribution in [2.75, 3.05) is 0 Å². The van der Waals surface area contributed by atoms with Crippen molar-refractivity contribution in [3.8, 4) is 0 Å². The Morgan fingerprint density at radius 1 is 1.56 bits per heavy atom. The summed E-state index contributed by atoms with van der Waals surface area (Å²) in [6, 6.07) is 6.30. The van der Waals surface area contributed by atoms with Gasteiger partial charge < -0.3 is 5.11 Å². The van der Waals surface area contributed by atoms with Crippen molar-refractivity contribution in [2.45, 2.75) is 39.0 Å². The van der Waals surface area contributed by atoms with Crippen LogP contribution in [0.25, 0.3) is 0 Å². The molecule has 18 heavy (non-hydrogen) atoms. The number of rotatable bonds is 4. The minimum atomic E-state index is -0.734. The van der Waals surface area contributed by atoms with Gasteiger partial charge in [-0.3, -0.25) is 4.79 Å². The maximum absolute atomic E-state index is 13.2. The van der Waals surface area contributed by atoms with Crippen LogP contribution in [0.15, 0.2) is 24.3 Å². The number of hydrogen-bond acceptors (Lipinski definition) is 1. The molecule has 2 rings (SSSR count). The summed E-state index contributed by atoms with van der Waals surface area (Å²) in [5.74, 6) is -0.532. The van der Waals surface area contributed by atoms with E-state index in [9.17, 15) is 14.3 Å². The molecule has 0 radical (unpaired) electrons. The summed E-state index contributed by atoms with van der Waals surface area (Å²) < 4.78 is 13.2. The highest BCUT2D eigenvalue weighted by atomic mass is 19.1. The van der Waals surface area contributed by atoms with Gasteiger partial charge in [0.25, 0.3) is 0 Å². The summed E-state index contributed by atoms with van der Waals surface area (Å²) >= 11 is 0. The highest BCUT2D eigenvalue weighted by molar-refractivity contribution is 5.75. The molecule has 0 bridgehead atoms. The van der Waals surface area contributed by atoms with Gasteiger partial charge in [-0.25, -0.2) is 4.39 Å². The third-order valence-electron chi connectivity index (χ3n) is 4.17. The molecule has 1 saturated carbocycles. The van der Waals surface area contributed by atoms with Crippen molar-refractivity contribution < 1.29 is 14.3 Å². The SMILES string of the molecule is CCC1CCC(Cc2cccc(F)c2)(C(=O)O)C1. The third kappa shape index (κ3) is 2.55. The molecule has 1 aromatic rings. The maximum atomic E-state index is 13.2. The fraction of sp³-hybridized carbons (Fsp3) is 0.533. The van der Waals surface area contributed by atoms with Crippen molar-refractivity contribution >= 4 is 5.97 Å². The van der Waals surface area contributed by atoms with Crippen LogP contribution in [0.5, 0.6) is 0 Å². The number of carboxylic acid groups (broad SMARTS) is 1. The number of halogens is 1. The van der Waals surface area contributed by atoms with Gasteiger partial charge >= 0.3 is 5.97 Å². The quantitative estimate of drug-likeness (QED) is 0.885. The number of hydrogen-bond donors (Lipinski definition) is 1. The van der Waals surface area contributed by atoms with Crippen molar-refractivity contribution in [3.05, 3.63) is 35.6 Å². The van der Waals surface area contributed by atoms with E-state index in [1.807, 2.05) is 6.07 Å². The van der Waals surface area contributed by atoms with E-state index in [4.69, 9.17) is 0 Å². The van der Waals surface area contributed by atoms with Crippen LogP contribution in [0.2, 0.25) is 0 Å². The summed E-state index contributed by atoms with van der Waals surface area (Å²) in [4.78, 5) is 11.6. The Balaban J connectivity index is 2.20. The molecule has 2 atom stereocenters. The Bertz CT molecular complexity index is 444. The van der Waals surface area contributed by atoms with Crippen LogP contribution in [0, 0.1) is 17.2 Å². The molecule has 0 aliphatic heterocycles. The molecule has 1 fully saturated rings. The fourth-order valence-corrected chi connectivity index (χ4v) is 3.05. The molecule has 1 aliphatic carbocycles. The van der Waals surface area contributed by atoms with E-state index in [2.05, 4.69) is 6.92 Å². The smallest absolute Gasteiger partial charge is 0.309 e. The molecule has 1 aromatic carbocycles. The minimum Gasteiger partial charge on any atom is -0.481 e. The molecule has 0 saturated heterocycles. The van der Waals surface area contributed by atoms with Crippen molar-refractivity contribution in [3.63, 3.8) is 0 Å². The Kier molecular flexibility index (Phi) is 3.69. The Morgan fingerprint density at radius 3 is 2.89 bits per heavy atom. The van der Waals surface area contributed by atoms with Crippen LogP contribution in [0.1, 0.15) is 38.2 Å². The largest absolute Gasteiger partial charge is 0.481 e. The van der Waals surface area contributed by atoms with Gasteiger partial charge in [-0.2, -0.15) is 0 Å². The first kappa shape index (κ1) is 13.1. The third-order valence-corrected chi connectivity index (χ3v) is 4.17. The van der Waals surface area contributed by atoms with E-state index in [1.54, 1.807) is 6.07 Å². The first-order valence-corrected chi connectivity index (χ1v) is 6.53. The van der Waals surface area contributed by atoms with Crippen molar-refractivity contribution in [1.82, 2.24) is 0 Å². The van der Waals surface area contributed by atoms with Gasteiger partial charge in [-0.15, -0.1) is 0 Å². The lowest BCUT2D eigenvalue weighted by Gasteiger charge is -2.24. The lowest BCUT2D eigenvalue weighted by Crippen LogP contribution is -2.30. The zero-order valence-electron chi connectivity index (χ0n) is 10.7. The summed E-state index contributed by atoms with van der Waals surface area (Å²) in [6.07, 6.45) is 3.86. The molecule has 2 nitrogen and oxygen atoms in total. The van der Waals surface area contributed by atoms with E-state index < -0.39 is 11.4 Å². The predicted octanol–water partition coefficient (Wildman–Crippen LogP) is 3.65. The summed E-state index contributed by atoms with van der Waals surface area (Å²) in [5.41, 5.74) is 0.100. The molecule has 0 aromatic heterocycles. The van der Waals surface area contributed by atoms with Crippen LogP contribution in [-0.4, -0.2) is 11.1 Å². The van der Waals surface area contributed by atoms with E-state index >= 15 is 0 Å². The van der Waals surface area contributed by atoms with E-state index in [0.717, 1.165) is 24.8 Å². The normalized spacial score (nSPS) is 27.3. The van der Waals surface area contributed by atoms with Gasteiger partial charge in [-0.1, -0.05) is 25.5 Å². The van der Waals surface area contributed by atoms with Crippen molar-refractivity contribution in [1.29, 1.82) is 0 Å². The Hall–Kier alpha value is -1.38. The molecule has 0 spiro atoms. The summed E-state index contributed by atoms with van der Waals surface area (Å²) in [5, 5.41) is 9.51. The second-order valence-electron chi connectivity index (χ2n) is 5.41. The van der Waals surface area contributed by atoms with Crippen molar-refractivity contribution in [2.24, 2.45) is 11.3 Å².